The highest BCUT2D eigenvalue weighted by molar-refractivity contribution is 7.40. The summed E-state index contributed by atoms with van der Waals surface area (Å²) in [5.74, 6) is 0. The fourth-order valence-electron chi connectivity index (χ4n) is 4.66. The molecule has 0 bridgehead atoms. The number of hydrogen-bond acceptors (Lipinski definition) is 3. The molecule has 0 spiro atoms. The van der Waals surface area contributed by atoms with Gasteiger partial charge in [-0.3, -0.25) is 0 Å². The number of hydrogen-bond donors (Lipinski definition) is 1. The molecule has 1 aromatic rings. The highest BCUT2D eigenvalue weighted by Crippen LogP contribution is 2.59. The van der Waals surface area contributed by atoms with Crippen molar-refractivity contribution in [2.75, 3.05) is 6.61 Å². The molecule has 1 saturated heterocycles. The monoisotopic (exact) mass is 450 g/mol. The van der Waals surface area contributed by atoms with Gasteiger partial charge in [0.25, 0.3) is 0 Å². The minimum atomic E-state index is -1.86. The molecule has 1 fully saturated rings. The predicted molar refractivity (Wildman–Crippen MR) is 134 cm³/mol. The van der Waals surface area contributed by atoms with Crippen LogP contribution >= 0.6 is 8.60 Å². The van der Waals surface area contributed by atoms with Crippen LogP contribution in [-0.4, -0.2) is 11.5 Å². The van der Waals surface area contributed by atoms with Crippen molar-refractivity contribution in [1.82, 2.24) is 0 Å². The van der Waals surface area contributed by atoms with Crippen LogP contribution in [0.3, 0.4) is 0 Å². The lowest BCUT2D eigenvalue weighted by Crippen LogP contribution is -2.40. The highest BCUT2D eigenvalue weighted by atomic mass is 31.2. The molecule has 2 rings (SSSR count). The third kappa shape index (κ3) is 5.91. The summed E-state index contributed by atoms with van der Waals surface area (Å²) in [6, 6.07) is 4.81. The zero-order chi connectivity index (χ0) is 23.8. The third-order valence-corrected chi connectivity index (χ3v) is 7.61. The van der Waals surface area contributed by atoms with Crippen molar-refractivity contribution < 1.29 is 13.9 Å². The van der Waals surface area contributed by atoms with Gasteiger partial charge >= 0.3 is 8.60 Å². The van der Waals surface area contributed by atoms with E-state index in [2.05, 4.69) is 88.3 Å². The van der Waals surface area contributed by atoms with Crippen LogP contribution in [0.1, 0.15) is 130 Å². The first kappa shape index (κ1) is 26.8. The number of unbranched alkanes of at least 4 members (excludes halogenated alkanes) is 1. The molecular formula is C27H47O3P. The lowest BCUT2D eigenvalue weighted by atomic mass is 9.65. The van der Waals surface area contributed by atoms with Gasteiger partial charge in [0, 0.05) is 5.41 Å². The van der Waals surface area contributed by atoms with E-state index in [1.165, 1.54) is 22.3 Å². The molecule has 1 aliphatic heterocycles. The van der Waals surface area contributed by atoms with Crippen molar-refractivity contribution in [3.8, 4) is 0 Å². The van der Waals surface area contributed by atoms with Crippen LogP contribution in [0.15, 0.2) is 12.1 Å². The second kappa shape index (κ2) is 9.41. The summed E-state index contributed by atoms with van der Waals surface area (Å²) in [4.78, 5) is 10.5. The minimum absolute atomic E-state index is 0.0410. The van der Waals surface area contributed by atoms with E-state index in [9.17, 15) is 4.89 Å². The molecule has 4 heteroatoms. The van der Waals surface area contributed by atoms with Crippen LogP contribution in [0.25, 0.3) is 0 Å². The maximum absolute atomic E-state index is 10.5. The normalized spacial score (nSPS) is 25.7. The van der Waals surface area contributed by atoms with E-state index in [0.29, 0.717) is 6.61 Å². The first-order valence-corrected chi connectivity index (χ1v) is 13.2. The molecule has 3 atom stereocenters. The summed E-state index contributed by atoms with van der Waals surface area (Å²) in [6.45, 7) is 25.7. The van der Waals surface area contributed by atoms with Crippen LogP contribution < -0.4 is 0 Å². The summed E-state index contributed by atoms with van der Waals surface area (Å²) in [5.41, 5.74) is 5.19. The SMILES string of the molecule is CCCCC1(CC)COP(O)OC1c1c(C(C)(C)C)cc(C(C)(C)C)cc1C(C)(C)C. The Bertz CT molecular complexity index is 712. The van der Waals surface area contributed by atoms with E-state index < -0.39 is 8.60 Å². The quantitative estimate of drug-likeness (QED) is 0.457. The second-order valence-corrected chi connectivity index (χ2v) is 13.5. The number of rotatable bonds is 5. The Morgan fingerprint density at radius 2 is 1.45 bits per heavy atom. The Balaban J connectivity index is 2.90. The largest absolute Gasteiger partial charge is 0.330 e. The van der Waals surface area contributed by atoms with Crippen LogP contribution in [0.4, 0.5) is 0 Å². The number of benzene rings is 1. The van der Waals surface area contributed by atoms with Crippen LogP contribution in [-0.2, 0) is 25.3 Å². The Kier molecular flexibility index (Phi) is 8.13. The van der Waals surface area contributed by atoms with E-state index in [0.717, 1.165) is 25.7 Å². The molecule has 3 nitrogen and oxygen atoms in total. The molecule has 31 heavy (non-hydrogen) atoms. The lowest BCUT2D eigenvalue weighted by molar-refractivity contribution is -0.0598. The van der Waals surface area contributed by atoms with Crippen molar-refractivity contribution in [2.24, 2.45) is 5.41 Å². The lowest BCUT2D eigenvalue weighted by Gasteiger charge is -2.47. The van der Waals surface area contributed by atoms with E-state index in [1.54, 1.807) is 0 Å². The Hall–Kier alpha value is -0.470. The zero-order valence-electron chi connectivity index (χ0n) is 22.0. The molecule has 0 amide bonds. The van der Waals surface area contributed by atoms with Gasteiger partial charge in [-0.2, -0.15) is 0 Å². The van der Waals surface area contributed by atoms with Crippen LogP contribution in [0.5, 0.6) is 0 Å². The minimum Gasteiger partial charge on any atom is -0.328 e. The third-order valence-electron chi connectivity index (χ3n) is 6.87. The Morgan fingerprint density at radius 3 is 1.84 bits per heavy atom. The molecule has 178 valence electrons. The smallest absolute Gasteiger partial charge is 0.328 e. The van der Waals surface area contributed by atoms with Gasteiger partial charge in [-0.05, 0) is 51.3 Å². The molecule has 0 aliphatic carbocycles. The molecule has 0 radical (unpaired) electrons. The predicted octanol–water partition coefficient (Wildman–Crippen LogP) is 8.47. The molecule has 0 saturated carbocycles. The highest BCUT2D eigenvalue weighted by Gasteiger charge is 2.48. The molecule has 1 aromatic carbocycles. The van der Waals surface area contributed by atoms with Gasteiger partial charge in [-0.1, -0.05) is 101 Å². The summed E-state index contributed by atoms with van der Waals surface area (Å²) in [6.07, 6.45) is 4.13. The van der Waals surface area contributed by atoms with Crippen molar-refractivity contribution in [1.29, 1.82) is 0 Å². The van der Waals surface area contributed by atoms with Gasteiger partial charge in [-0.15, -0.1) is 0 Å². The van der Waals surface area contributed by atoms with Crippen LogP contribution in [0.2, 0.25) is 0 Å². The van der Waals surface area contributed by atoms with Crippen molar-refractivity contribution in [3.05, 3.63) is 34.4 Å². The van der Waals surface area contributed by atoms with Gasteiger partial charge in [-0.25, -0.2) is 0 Å². The molecule has 1 aliphatic rings. The van der Waals surface area contributed by atoms with E-state index in [4.69, 9.17) is 9.05 Å². The summed E-state index contributed by atoms with van der Waals surface area (Å²) in [5, 5.41) is 0. The Morgan fingerprint density at radius 1 is 0.935 bits per heavy atom. The topological polar surface area (TPSA) is 38.7 Å². The van der Waals surface area contributed by atoms with Crippen molar-refractivity contribution >= 4 is 8.60 Å². The molecule has 0 aromatic heterocycles. The first-order valence-electron chi connectivity index (χ1n) is 12.0. The molecular weight excluding hydrogens is 403 g/mol. The summed E-state index contributed by atoms with van der Waals surface area (Å²) < 4.78 is 12.1. The van der Waals surface area contributed by atoms with Gasteiger partial charge in [0.15, 0.2) is 0 Å². The second-order valence-electron chi connectivity index (χ2n) is 12.6. The van der Waals surface area contributed by atoms with E-state index in [-0.39, 0.29) is 27.8 Å². The maximum atomic E-state index is 10.5. The molecule has 1 heterocycles. The summed E-state index contributed by atoms with van der Waals surface area (Å²) in [7, 11) is -1.86. The van der Waals surface area contributed by atoms with Gasteiger partial charge in [0.05, 0.1) is 12.7 Å². The average molecular weight is 451 g/mol. The Labute approximate surface area is 193 Å². The molecule has 3 unspecified atom stereocenters. The fourth-order valence-corrected chi connectivity index (χ4v) is 5.59. The zero-order valence-corrected chi connectivity index (χ0v) is 22.9. The standard InChI is InChI=1S/C27H47O3P/c1-12-14-15-27(13-2)18-29-31(28)30-23(27)22-20(25(6,7)8)16-19(24(3,4)5)17-21(22)26(9,10)11/h16-17,23,28H,12-15,18H2,1-11H3. The van der Waals surface area contributed by atoms with E-state index >= 15 is 0 Å². The average Bonchev–Trinajstić information content (AvgIpc) is 2.64. The van der Waals surface area contributed by atoms with Crippen molar-refractivity contribution in [3.63, 3.8) is 0 Å². The first-order chi connectivity index (χ1) is 14.1. The van der Waals surface area contributed by atoms with Gasteiger partial charge in [0.1, 0.15) is 0 Å². The molecule has 1 N–H and O–H groups in total. The van der Waals surface area contributed by atoms with E-state index in [1.807, 2.05) is 0 Å². The van der Waals surface area contributed by atoms with Gasteiger partial charge < -0.3 is 13.9 Å². The fraction of sp³-hybridized carbons (Fsp3) is 0.778. The van der Waals surface area contributed by atoms with Crippen molar-refractivity contribution in [2.45, 2.75) is 124 Å². The summed E-state index contributed by atoms with van der Waals surface area (Å²) >= 11 is 0. The maximum Gasteiger partial charge on any atom is 0.330 e. The van der Waals surface area contributed by atoms with Crippen LogP contribution in [0, 0.1) is 5.41 Å². The van der Waals surface area contributed by atoms with Gasteiger partial charge in [0.2, 0.25) is 0 Å².